The van der Waals surface area contributed by atoms with Gasteiger partial charge in [-0.1, -0.05) is 18.2 Å². The molecule has 0 bridgehead atoms. The molecule has 0 saturated heterocycles. The molecule has 0 aromatic rings. The lowest BCUT2D eigenvalue weighted by atomic mass is 9.99. The van der Waals surface area contributed by atoms with Crippen LogP contribution < -0.4 is 10.6 Å². The van der Waals surface area contributed by atoms with Crippen LogP contribution in [0.1, 0.15) is 26.2 Å². The van der Waals surface area contributed by atoms with Gasteiger partial charge in [-0.25, -0.2) is 0 Å². The van der Waals surface area contributed by atoms with E-state index in [4.69, 9.17) is 0 Å². The molecule has 15 heavy (non-hydrogen) atoms. The number of hydrogen-bond acceptors (Lipinski definition) is 2. The third kappa shape index (κ3) is 2.12. The summed E-state index contributed by atoms with van der Waals surface area (Å²) in [5.41, 5.74) is 3.23. The molecule has 0 unspecified atom stereocenters. The van der Waals surface area contributed by atoms with Crippen LogP contribution in [-0.2, 0) is 4.79 Å². The molecule has 2 heterocycles. The SMILES string of the molecule is C/C=C\CC1=CCC2=C(CCNC2=O)N1. The maximum atomic E-state index is 11.5. The highest BCUT2D eigenvalue weighted by Crippen LogP contribution is 2.22. The molecular weight excluding hydrogens is 188 g/mol. The standard InChI is InChI=1S/C12H16N2O/c1-2-3-4-9-5-6-10-11(14-9)7-8-13-12(10)15/h2-3,5,14H,4,6-8H2,1H3,(H,13,15)/b3-2-. The molecule has 0 spiro atoms. The molecule has 2 aliphatic heterocycles. The lowest BCUT2D eigenvalue weighted by Crippen LogP contribution is -2.36. The molecule has 0 atom stereocenters. The summed E-state index contributed by atoms with van der Waals surface area (Å²) < 4.78 is 0. The van der Waals surface area contributed by atoms with Gasteiger partial charge in [0.2, 0.25) is 5.91 Å². The minimum absolute atomic E-state index is 0.0880. The van der Waals surface area contributed by atoms with Crippen molar-refractivity contribution in [3.05, 3.63) is 35.2 Å². The van der Waals surface area contributed by atoms with E-state index < -0.39 is 0 Å². The van der Waals surface area contributed by atoms with Crippen LogP contribution in [0.15, 0.2) is 35.2 Å². The van der Waals surface area contributed by atoms with Crippen molar-refractivity contribution in [1.29, 1.82) is 0 Å². The van der Waals surface area contributed by atoms with Gasteiger partial charge in [-0.3, -0.25) is 4.79 Å². The fraction of sp³-hybridized carbons (Fsp3) is 0.417. The zero-order chi connectivity index (χ0) is 10.7. The second kappa shape index (κ2) is 4.34. The molecule has 0 aromatic heterocycles. The first-order valence-electron chi connectivity index (χ1n) is 5.38. The number of allylic oxidation sites excluding steroid dienone is 3. The van der Waals surface area contributed by atoms with Crippen LogP contribution in [0.5, 0.6) is 0 Å². The lowest BCUT2D eigenvalue weighted by Gasteiger charge is -2.26. The zero-order valence-corrected chi connectivity index (χ0v) is 8.97. The Hall–Kier alpha value is -1.51. The Morgan fingerprint density at radius 2 is 2.40 bits per heavy atom. The second-order valence-corrected chi connectivity index (χ2v) is 3.79. The van der Waals surface area contributed by atoms with Gasteiger partial charge in [0.15, 0.2) is 0 Å². The predicted octanol–water partition coefficient (Wildman–Crippen LogP) is 1.60. The Morgan fingerprint density at radius 1 is 1.53 bits per heavy atom. The van der Waals surface area contributed by atoms with Crippen molar-refractivity contribution < 1.29 is 4.79 Å². The van der Waals surface area contributed by atoms with E-state index in [0.29, 0.717) is 0 Å². The van der Waals surface area contributed by atoms with Crippen LogP contribution >= 0.6 is 0 Å². The minimum Gasteiger partial charge on any atom is -0.362 e. The molecule has 2 aliphatic rings. The van der Waals surface area contributed by atoms with Crippen molar-refractivity contribution in [2.24, 2.45) is 0 Å². The minimum atomic E-state index is 0.0880. The van der Waals surface area contributed by atoms with E-state index in [-0.39, 0.29) is 5.91 Å². The quantitative estimate of drug-likeness (QED) is 0.671. The van der Waals surface area contributed by atoms with Crippen LogP contribution in [0.4, 0.5) is 0 Å². The van der Waals surface area contributed by atoms with E-state index >= 15 is 0 Å². The van der Waals surface area contributed by atoms with Gasteiger partial charge in [-0.05, 0) is 13.3 Å². The number of carbonyl (C=O) groups excluding carboxylic acids is 1. The van der Waals surface area contributed by atoms with Crippen LogP contribution in [0.2, 0.25) is 0 Å². The van der Waals surface area contributed by atoms with Crippen LogP contribution in [0, 0.1) is 0 Å². The fourth-order valence-electron chi connectivity index (χ4n) is 1.90. The number of carbonyl (C=O) groups is 1. The molecule has 0 aromatic carbocycles. The Morgan fingerprint density at radius 3 is 3.20 bits per heavy atom. The smallest absolute Gasteiger partial charge is 0.249 e. The van der Waals surface area contributed by atoms with E-state index in [1.54, 1.807) is 0 Å². The fourth-order valence-corrected chi connectivity index (χ4v) is 1.90. The Labute approximate surface area is 89.9 Å². The highest BCUT2D eigenvalue weighted by atomic mass is 16.1. The molecular formula is C12H16N2O. The number of dihydropyridines is 1. The maximum Gasteiger partial charge on any atom is 0.249 e. The molecule has 1 amide bonds. The number of amides is 1. The van der Waals surface area contributed by atoms with E-state index in [0.717, 1.165) is 37.1 Å². The molecule has 3 nitrogen and oxygen atoms in total. The summed E-state index contributed by atoms with van der Waals surface area (Å²) >= 11 is 0. The van der Waals surface area contributed by atoms with Crippen molar-refractivity contribution in [2.75, 3.05) is 6.54 Å². The number of hydrogen-bond donors (Lipinski definition) is 2. The monoisotopic (exact) mass is 204 g/mol. The normalized spacial score (nSPS) is 20.9. The van der Waals surface area contributed by atoms with Gasteiger partial charge >= 0.3 is 0 Å². The predicted molar refractivity (Wildman–Crippen MR) is 59.9 cm³/mol. The maximum absolute atomic E-state index is 11.5. The van der Waals surface area contributed by atoms with Crippen LogP contribution in [0.25, 0.3) is 0 Å². The van der Waals surface area contributed by atoms with Gasteiger partial charge in [-0.15, -0.1) is 0 Å². The van der Waals surface area contributed by atoms with Gasteiger partial charge < -0.3 is 10.6 Å². The van der Waals surface area contributed by atoms with Crippen LogP contribution in [0.3, 0.4) is 0 Å². The van der Waals surface area contributed by atoms with Gasteiger partial charge in [-0.2, -0.15) is 0 Å². The van der Waals surface area contributed by atoms with Crippen molar-refractivity contribution in [1.82, 2.24) is 10.6 Å². The van der Waals surface area contributed by atoms with Crippen molar-refractivity contribution in [3.63, 3.8) is 0 Å². The Balaban J connectivity index is 2.07. The first-order chi connectivity index (χ1) is 7.31. The van der Waals surface area contributed by atoms with E-state index in [1.807, 2.05) is 13.0 Å². The molecule has 2 N–H and O–H groups in total. The van der Waals surface area contributed by atoms with Gasteiger partial charge in [0, 0.05) is 36.4 Å². The summed E-state index contributed by atoms with van der Waals surface area (Å²) in [6.45, 7) is 2.77. The van der Waals surface area contributed by atoms with Gasteiger partial charge in [0.25, 0.3) is 0 Å². The summed E-state index contributed by atoms with van der Waals surface area (Å²) in [5.74, 6) is 0.0880. The van der Waals surface area contributed by atoms with Crippen molar-refractivity contribution in [3.8, 4) is 0 Å². The largest absolute Gasteiger partial charge is 0.362 e. The van der Waals surface area contributed by atoms with E-state index in [9.17, 15) is 4.79 Å². The zero-order valence-electron chi connectivity index (χ0n) is 8.97. The Kier molecular flexibility index (Phi) is 2.90. The first-order valence-corrected chi connectivity index (χ1v) is 5.38. The summed E-state index contributed by atoms with van der Waals surface area (Å²) in [5, 5.41) is 6.21. The highest BCUT2D eigenvalue weighted by Gasteiger charge is 2.22. The molecule has 0 aliphatic carbocycles. The summed E-state index contributed by atoms with van der Waals surface area (Å²) in [7, 11) is 0. The van der Waals surface area contributed by atoms with Gasteiger partial charge in [0.1, 0.15) is 0 Å². The molecule has 0 saturated carbocycles. The number of nitrogens with one attached hydrogen (secondary N) is 2. The van der Waals surface area contributed by atoms with E-state index in [1.165, 1.54) is 5.70 Å². The molecule has 3 heteroatoms. The molecule has 0 radical (unpaired) electrons. The summed E-state index contributed by atoms with van der Waals surface area (Å²) in [4.78, 5) is 11.5. The summed E-state index contributed by atoms with van der Waals surface area (Å²) in [6, 6.07) is 0. The third-order valence-electron chi connectivity index (χ3n) is 2.74. The van der Waals surface area contributed by atoms with Crippen LogP contribution in [-0.4, -0.2) is 12.5 Å². The number of rotatable bonds is 2. The average Bonchev–Trinajstić information content (AvgIpc) is 2.26. The van der Waals surface area contributed by atoms with Crippen molar-refractivity contribution in [2.45, 2.75) is 26.2 Å². The third-order valence-corrected chi connectivity index (χ3v) is 2.74. The summed E-state index contributed by atoms with van der Waals surface area (Å²) in [6.07, 6.45) is 8.88. The van der Waals surface area contributed by atoms with Gasteiger partial charge in [0.05, 0.1) is 0 Å². The Bertz CT molecular complexity index is 364. The first kappa shape index (κ1) is 10.0. The molecule has 2 rings (SSSR count). The lowest BCUT2D eigenvalue weighted by molar-refractivity contribution is -0.118. The average molecular weight is 204 g/mol. The second-order valence-electron chi connectivity index (χ2n) is 3.79. The van der Waals surface area contributed by atoms with E-state index in [2.05, 4.69) is 22.8 Å². The van der Waals surface area contributed by atoms with Crippen molar-refractivity contribution >= 4 is 5.91 Å². The highest BCUT2D eigenvalue weighted by molar-refractivity contribution is 5.95. The molecule has 80 valence electrons. The topological polar surface area (TPSA) is 41.1 Å². The molecule has 0 fully saturated rings.